The second-order valence-electron chi connectivity index (χ2n) is 7.22. The Morgan fingerprint density at radius 1 is 1.15 bits per heavy atom. The fourth-order valence-corrected chi connectivity index (χ4v) is 4.08. The first kappa shape index (κ1) is 17.7. The van der Waals surface area contributed by atoms with Crippen LogP contribution in [0.2, 0.25) is 0 Å². The van der Waals surface area contributed by atoms with Gasteiger partial charge in [0.1, 0.15) is 6.61 Å². The van der Waals surface area contributed by atoms with Crippen molar-refractivity contribution in [2.45, 2.75) is 31.4 Å². The Labute approximate surface area is 157 Å². The molecule has 2 aliphatic rings. The number of amides is 1. The maximum atomic E-state index is 14.6. The van der Waals surface area contributed by atoms with Gasteiger partial charge in [0.2, 0.25) is 0 Å². The van der Waals surface area contributed by atoms with Crippen LogP contribution < -0.4 is 0 Å². The molecule has 1 aliphatic heterocycles. The van der Waals surface area contributed by atoms with Gasteiger partial charge in [0, 0.05) is 18.9 Å². The Morgan fingerprint density at radius 3 is 2.33 bits per heavy atom. The van der Waals surface area contributed by atoms with Crippen molar-refractivity contribution in [3.63, 3.8) is 0 Å². The minimum atomic E-state index is -1.95. The van der Waals surface area contributed by atoms with Gasteiger partial charge in [-0.1, -0.05) is 55.5 Å². The predicted molar refractivity (Wildman–Crippen MR) is 100 cm³/mol. The third-order valence-corrected chi connectivity index (χ3v) is 5.70. The molecule has 27 heavy (non-hydrogen) atoms. The first-order valence-corrected chi connectivity index (χ1v) is 9.35. The number of carbonyl (C=O) groups excluding carboxylic acids is 2. The topological polar surface area (TPSA) is 46.6 Å². The number of carbonyl (C=O) groups is 2. The summed E-state index contributed by atoms with van der Waals surface area (Å²) in [6.45, 7) is 1.81. The summed E-state index contributed by atoms with van der Waals surface area (Å²) in [5, 5.41) is 0. The number of fused-ring (bicyclic) bond motifs is 3. The van der Waals surface area contributed by atoms with Crippen LogP contribution in [0.3, 0.4) is 0 Å². The highest BCUT2D eigenvalue weighted by Gasteiger charge is 2.43. The molecule has 0 saturated carbocycles. The van der Waals surface area contributed by atoms with Crippen molar-refractivity contribution >= 4 is 11.9 Å². The van der Waals surface area contributed by atoms with Gasteiger partial charge in [0.25, 0.3) is 0 Å². The third-order valence-electron chi connectivity index (χ3n) is 5.70. The summed E-state index contributed by atoms with van der Waals surface area (Å²) >= 11 is 0. The third kappa shape index (κ3) is 3.01. The Balaban J connectivity index is 1.49. The summed E-state index contributed by atoms with van der Waals surface area (Å²) in [7, 11) is 0. The van der Waals surface area contributed by atoms with Gasteiger partial charge >= 0.3 is 6.09 Å². The molecular weight excluding hydrogens is 345 g/mol. The zero-order valence-electron chi connectivity index (χ0n) is 15.3. The van der Waals surface area contributed by atoms with Crippen molar-refractivity contribution in [1.82, 2.24) is 4.90 Å². The highest BCUT2D eigenvalue weighted by Crippen LogP contribution is 2.44. The van der Waals surface area contributed by atoms with E-state index in [1.54, 1.807) is 6.92 Å². The molecule has 1 aliphatic carbocycles. The fraction of sp³-hybridized carbons (Fsp3) is 0.364. The first-order valence-electron chi connectivity index (χ1n) is 9.35. The Kier molecular flexibility index (Phi) is 4.46. The number of ether oxygens (including phenoxy) is 1. The van der Waals surface area contributed by atoms with E-state index in [1.807, 2.05) is 24.3 Å². The number of benzene rings is 2. The van der Waals surface area contributed by atoms with E-state index in [4.69, 9.17) is 4.74 Å². The lowest BCUT2D eigenvalue weighted by molar-refractivity contribution is -0.135. The van der Waals surface area contributed by atoms with Crippen molar-refractivity contribution in [3.8, 4) is 11.1 Å². The molecule has 2 aromatic carbocycles. The van der Waals surface area contributed by atoms with Crippen LogP contribution in [0.5, 0.6) is 0 Å². The Morgan fingerprint density at radius 2 is 1.74 bits per heavy atom. The Hall–Kier alpha value is -2.69. The smallest absolute Gasteiger partial charge is 0.409 e. The summed E-state index contributed by atoms with van der Waals surface area (Å²) in [5.74, 6) is -0.457. The van der Waals surface area contributed by atoms with E-state index in [2.05, 4.69) is 24.3 Å². The molecule has 0 bridgehead atoms. The van der Waals surface area contributed by atoms with Gasteiger partial charge in [-0.05, 0) is 28.7 Å². The van der Waals surface area contributed by atoms with Crippen molar-refractivity contribution < 1.29 is 18.7 Å². The van der Waals surface area contributed by atoms with E-state index in [0.29, 0.717) is 0 Å². The molecule has 4 nitrogen and oxygen atoms in total. The second kappa shape index (κ2) is 6.80. The lowest BCUT2D eigenvalue weighted by atomic mass is 9.91. The number of hydrogen-bond acceptors (Lipinski definition) is 3. The molecule has 0 radical (unpaired) electrons. The van der Waals surface area contributed by atoms with E-state index in [1.165, 1.54) is 4.90 Å². The summed E-state index contributed by atoms with van der Waals surface area (Å²) in [5.41, 5.74) is 2.63. The van der Waals surface area contributed by atoms with Crippen molar-refractivity contribution in [2.75, 3.05) is 19.7 Å². The quantitative estimate of drug-likeness (QED) is 0.811. The van der Waals surface area contributed by atoms with Gasteiger partial charge in [0.05, 0.1) is 6.54 Å². The van der Waals surface area contributed by atoms with Crippen LogP contribution in [0.15, 0.2) is 48.5 Å². The average Bonchev–Trinajstić information content (AvgIpc) is 3.02. The van der Waals surface area contributed by atoms with Gasteiger partial charge in [-0.2, -0.15) is 0 Å². The molecule has 4 rings (SSSR count). The van der Waals surface area contributed by atoms with Gasteiger partial charge in [-0.15, -0.1) is 0 Å². The van der Waals surface area contributed by atoms with Gasteiger partial charge in [0.15, 0.2) is 11.5 Å². The molecule has 1 heterocycles. The van der Waals surface area contributed by atoms with Crippen LogP contribution in [0.25, 0.3) is 11.1 Å². The lowest BCUT2D eigenvalue weighted by Crippen LogP contribution is -2.53. The number of rotatable bonds is 3. The largest absolute Gasteiger partial charge is 0.448 e. The van der Waals surface area contributed by atoms with Crippen LogP contribution in [0.4, 0.5) is 9.18 Å². The number of halogens is 1. The van der Waals surface area contributed by atoms with E-state index >= 15 is 0 Å². The molecule has 0 aromatic heterocycles. The lowest BCUT2D eigenvalue weighted by Gasteiger charge is -2.35. The minimum Gasteiger partial charge on any atom is -0.448 e. The highest BCUT2D eigenvalue weighted by molar-refractivity contribution is 5.89. The molecule has 1 atom stereocenters. The van der Waals surface area contributed by atoms with Crippen LogP contribution in [-0.2, 0) is 9.53 Å². The molecule has 1 amide bonds. The molecule has 0 N–H and O–H groups in total. The van der Waals surface area contributed by atoms with E-state index < -0.39 is 17.5 Å². The van der Waals surface area contributed by atoms with Crippen LogP contribution in [0.1, 0.15) is 36.8 Å². The summed E-state index contributed by atoms with van der Waals surface area (Å²) in [6, 6.07) is 16.2. The number of piperidine rings is 1. The normalized spacial score (nSPS) is 21.7. The number of likely N-dealkylation sites (tertiary alicyclic amines) is 1. The van der Waals surface area contributed by atoms with Crippen LogP contribution in [0, 0.1) is 0 Å². The number of nitrogens with zero attached hydrogens (tertiary/aromatic N) is 1. The summed E-state index contributed by atoms with van der Waals surface area (Å²) in [6.07, 6.45) is -0.451. The van der Waals surface area contributed by atoms with Crippen LogP contribution in [-0.4, -0.2) is 42.1 Å². The highest BCUT2D eigenvalue weighted by atomic mass is 19.1. The minimum absolute atomic E-state index is 0.0333. The first-order chi connectivity index (χ1) is 13.0. The number of hydrogen-bond donors (Lipinski definition) is 0. The zero-order valence-corrected chi connectivity index (χ0v) is 15.3. The molecule has 1 fully saturated rings. The monoisotopic (exact) mass is 367 g/mol. The molecular formula is C22H22FNO3. The Bertz CT molecular complexity index is 851. The maximum Gasteiger partial charge on any atom is 0.409 e. The summed E-state index contributed by atoms with van der Waals surface area (Å²) < 4.78 is 20.2. The second-order valence-corrected chi connectivity index (χ2v) is 7.22. The fourth-order valence-electron chi connectivity index (χ4n) is 4.08. The van der Waals surface area contributed by atoms with Gasteiger partial charge in [-0.25, -0.2) is 9.18 Å². The van der Waals surface area contributed by atoms with Gasteiger partial charge in [-0.3, -0.25) is 4.79 Å². The average molecular weight is 367 g/mol. The number of Topliss-reactive ketones (excluding diaryl/α,β-unsaturated/α-hetero) is 1. The molecule has 0 spiro atoms. The predicted octanol–water partition coefficient (Wildman–Crippen LogP) is 4.33. The van der Waals surface area contributed by atoms with E-state index in [9.17, 15) is 14.0 Å². The SMILES string of the molecule is CC[C@]1(F)CN(C(=O)OCC2c3ccccc3-c3ccccc32)CCC1=O. The zero-order chi connectivity index (χ0) is 19.0. The molecule has 5 heteroatoms. The van der Waals surface area contributed by atoms with Crippen molar-refractivity contribution in [1.29, 1.82) is 0 Å². The van der Waals surface area contributed by atoms with Crippen LogP contribution >= 0.6 is 0 Å². The molecule has 1 saturated heterocycles. The number of alkyl halides is 1. The van der Waals surface area contributed by atoms with Crippen molar-refractivity contribution in [3.05, 3.63) is 59.7 Å². The molecule has 0 unspecified atom stereocenters. The van der Waals surface area contributed by atoms with E-state index in [0.717, 1.165) is 22.3 Å². The maximum absolute atomic E-state index is 14.6. The van der Waals surface area contributed by atoms with E-state index in [-0.39, 0.29) is 38.5 Å². The van der Waals surface area contributed by atoms with Gasteiger partial charge < -0.3 is 9.64 Å². The standard InChI is InChI=1S/C22H22FNO3/c1-2-22(23)14-24(12-11-20(22)25)21(26)27-13-19-17-9-5-3-7-15(17)16-8-4-6-10-18(16)19/h3-10,19H,2,11-14H2,1H3/t22-/m0/s1. The molecule has 140 valence electrons. The molecule has 2 aromatic rings. The number of ketones is 1. The van der Waals surface area contributed by atoms with Crippen molar-refractivity contribution in [2.24, 2.45) is 0 Å². The summed E-state index contributed by atoms with van der Waals surface area (Å²) in [4.78, 5) is 25.6.